The summed E-state index contributed by atoms with van der Waals surface area (Å²) < 4.78 is 14.5. The van der Waals surface area contributed by atoms with Crippen molar-refractivity contribution in [1.29, 1.82) is 0 Å². The van der Waals surface area contributed by atoms with Crippen LogP contribution in [0.4, 0.5) is 10.1 Å². The second kappa shape index (κ2) is 4.03. The molecule has 0 amide bonds. The van der Waals surface area contributed by atoms with Crippen molar-refractivity contribution in [3.63, 3.8) is 0 Å². The Morgan fingerprint density at radius 2 is 2.06 bits per heavy atom. The first-order chi connectivity index (χ1) is 7.84. The van der Waals surface area contributed by atoms with Crippen LogP contribution >= 0.6 is 11.3 Å². The largest absolute Gasteiger partial charge is 0.368 e. The first-order valence-electron chi connectivity index (χ1n) is 5.47. The maximum atomic E-state index is 13.5. The maximum Gasteiger partial charge on any atom is 0.126 e. The van der Waals surface area contributed by atoms with Crippen molar-refractivity contribution in [3.8, 4) is 0 Å². The highest BCUT2D eigenvalue weighted by molar-refractivity contribution is 7.17. The highest BCUT2D eigenvalue weighted by Gasteiger charge is 2.14. The summed E-state index contributed by atoms with van der Waals surface area (Å²) in [5, 5.41) is 6.51. The molecule has 2 heterocycles. The molecule has 3 rings (SSSR count). The molecule has 0 radical (unpaired) electrons. The number of fused-ring (bicyclic) bond motifs is 1. The van der Waals surface area contributed by atoms with Crippen LogP contribution in [0.3, 0.4) is 0 Å². The monoisotopic (exact) mass is 236 g/mol. The summed E-state index contributed by atoms with van der Waals surface area (Å²) >= 11 is 1.60. The van der Waals surface area contributed by atoms with Crippen LogP contribution in [0.25, 0.3) is 10.1 Å². The molecule has 2 nitrogen and oxygen atoms in total. The van der Waals surface area contributed by atoms with Crippen LogP contribution in [0, 0.1) is 5.82 Å². The molecule has 0 atom stereocenters. The van der Waals surface area contributed by atoms with Crippen molar-refractivity contribution in [2.75, 3.05) is 31.1 Å². The van der Waals surface area contributed by atoms with Crippen LogP contribution in [0.5, 0.6) is 0 Å². The van der Waals surface area contributed by atoms with E-state index in [1.165, 1.54) is 5.39 Å². The molecule has 84 valence electrons. The summed E-state index contributed by atoms with van der Waals surface area (Å²) in [6.07, 6.45) is 0. The zero-order chi connectivity index (χ0) is 11.0. The molecular weight excluding hydrogens is 223 g/mol. The molecule has 1 aliphatic heterocycles. The Balaban J connectivity index is 2.09. The van der Waals surface area contributed by atoms with E-state index in [2.05, 4.69) is 16.3 Å². The summed E-state index contributed by atoms with van der Waals surface area (Å²) in [7, 11) is 0. The second-order valence-electron chi connectivity index (χ2n) is 3.99. The van der Waals surface area contributed by atoms with Gasteiger partial charge >= 0.3 is 0 Å². The Labute approximate surface area is 97.7 Å². The van der Waals surface area contributed by atoms with Gasteiger partial charge in [-0.25, -0.2) is 4.39 Å². The van der Waals surface area contributed by atoms with Gasteiger partial charge in [-0.05, 0) is 23.6 Å². The third-order valence-corrected chi connectivity index (χ3v) is 3.84. The van der Waals surface area contributed by atoms with Crippen molar-refractivity contribution < 1.29 is 4.39 Å². The van der Waals surface area contributed by atoms with Gasteiger partial charge < -0.3 is 10.2 Å². The van der Waals surface area contributed by atoms with E-state index in [4.69, 9.17) is 0 Å². The normalized spacial score (nSPS) is 16.9. The molecule has 1 aromatic carbocycles. The van der Waals surface area contributed by atoms with E-state index in [1.807, 2.05) is 5.38 Å². The molecule has 0 saturated carbocycles. The highest BCUT2D eigenvalue weighted by Crippen LogP contribution is 2.31. The lowest BCUT2D eigenvalue weighted by Gasteiger charge is -2.30. The standard InChI is InChI=1S/C12H13FN2S/c13-9-7-11(15-4-2-14-3-5-15)10-1-6-16-12(10)8-9/h1,6-8,14H,2-5H2. The average Bonchev–Trinajstić information content (AvgIpc) is 2.77. The molecule has 4 heteroatoms. The lowest BCUT2D eigenvalue weighted by Crippen LogP contribution is -2.43. The molecule has 1 aromatic heterocycles. The number of anilines is 1. The predicted molar refractivity (Wildman–Crippen MR) is 66.9 cm³/mol. The summed E-state index contributed by atoms with van der Waals surface area (Å²) in [6, 6.07) is 5.35. The van der Waals surface area contributed by atoms with E-state index >= 15 is 0 Å². The molecular formula is C12H13FN2S. The molecule has 0 bridgehead atoms. The first-order valence-corrected chi connectivity index (χ1v) is 6.35. The van der Waals surface area contributed by atoms with Crippen molar-refractivity contribution >= 4 is 27.1 Å². The maximum absolute atomic E-state index is 13.5. The third-order valence-electron chi connectivity index (χ3n) is 2.97. The van der Waals surface area contributed by atoms with Gasteiger partial charge in [0.1, 0.15) is 5.82 Å². The van der Waals surface area contributed by atoms with Gasteiger partial charge in [0.25, 0.3) is 0 Å². The number of nitrogens with one attached hydrogen (secondary N) is 1. The number of thiophene rings is 1. The van der Waals surface area contributed by atoms with E-state index in [-0.39, 0.29) is 5.82 Å². The number of halogens is 1. The van der Waals surface area contributed by atoms with Crippen LogP contribution < -0.4 is 10.2 Å². The molecule has 16 heavy (non-hydrogen) atoms. The molecule has 1 N–H and O–H groups in total. The van der Waals surface area contributed by atoms with Gasteiger partial charge in [-0.1, -0.05) is 0 Å². The number of nitrogens with zero attached hydrogens (tertiary/aromatic N) is 1. The Bertz CT molecular complexity index is 503. The van der Waals surface area contributed by atoms with E-state index in [0.717, 1.165) is 36.6 Å². The topological polar surface area (TPSA) is 15.3 Å². The van der Waals surface area contributed by atoms with Gasteiger partial charge in [0.05, 0.1) is 0 Å². The molecule has 1 saturated heterocycles. The quantitative estimate of drug-likeness (QED) is 0.818. The van der Waals surface area contributed by atoms with Crippen LogP contribution in [0.2, 0.25) is 0 Å². The fraction of sp³-hybridized carbons (Fsp3) is 0.333. The SMILES string of the molecule is Fc1cc(N2CCNCC2)c2ccsc2c1. The van der Waals surface area contributed by atoms with Gasteiger partial charge in [-0.3, -0.25) is 0 Å². The fourth-order valence-corrected chi connectivity index (χ4v) is 3.02. The zero-order valence-corrected chi connectivity index (χ0v) is 9.69. The van der Waals surface area contributed by atoms with E-state index in [9.17, 15) is 4.39 Å². The fourth-order valence-electron chi connectivity index (χ4n) is 2.19. The van der Waals surface area contributed by atoms with Crippen LogP contribution in [-0.2, 0) is 0 Å². The van der Waals surface area contributed by atoms with Crippen molar-refractivity contribution in [1.82, 2.24) is 5.32 Å². The lowest BCUT2D eigenvalue weighted by atomic mass is 10.2. The highest BCUT2D eigenvalue weighted by atomic mass is 32.1. The Hall–Kier alpha value is -1.13. The van der Waals surface area contributed by atoms with Crippen LogP contribution in [0.1, 0.15) is 0 Å². The molecule has 0 spiro atoms. The van der Waals surface area contributed by atoms with Gasteiger partial charge in [0, 0.05) is 42.0 Å². The van der Waals surface area contributed by atoms with Crippen molar-refractivity contribution in [2.24, 2.45) is 0 Å². The smallest absolute Gasteiger partial charge is 0.126 e. The lowest BCUT2D eigenvalue weighted by molar-refractivity contribution is 0.586. The average molecular weight is 236 g/mol. The van der Waals surface area contributed by atoms with Crippen LogP contribution in [0.15, 0.2) is 23.6 Å². The number of hydrogen-bond acceptors (Lipinski definition) is 3. The summed E-state index contributed by atoms with van der Waals surface area (Å²) in [5.41, 5.74) is 1.04. The van der Waals surface area contributed by atoms with Crippen LogP contribution in [-0.4, -0.2) is 26.2 Å². The molecule has 1 aliphatic rings. The van der Waals surface area contributed by atoms with E-state index in [0.29, 0.717) is 0 Å². The minimum atomic E-state index is -0.136. The van der Waals surface area contributed by atoms with Gasteiger partial charge in [0.2, 0.25) is 0 Å². The van der Waals surface area contributed by atoms with Crippen molar-refractivity contribution in [2.45, 2.75) is 0 Å². The minimum Gasteiger partial charge on any atom is -0.368 e. The van der Waals surface area contributed by atoms with Gasteiger partial charge in [-0.2, -0.15) is 0 Å². The Kier molecular flexibility index (Phi) is 2.53. The minimum absolute atomic E-state index is 0.136. The summed E-state index contributed by atoms with van der Waals surface area (Å²) in [4.78, 5) is 2.26. The molecule has 0 unspecified atom stereocenters. The predicted octanol–water partition coefficient (Wildman–Crippen LogP) is 2.45. The number of hydrogen-bond donors (Lipinski definition) is 1. The summed E-state index contributed by atoms with van der Waals surface area (Å²) in [5.74, 6) is -0.136. The Morgan fingerprint density at radius 1 is 1.25 bits per heavy atom. The van der Waals surface area contributed by atoms with Gasteiger partial charge in [-0.15, -0.1) is 11.3 Å². The van der Waals surface area contributed by atoms with E-state index in [1.54, 1.807) is 23.5 Å². The number of piperazine rings is 1. The van der Waals surface area contributed by atoms with Crippen molar-refractivity contribution in [3.05, 3.63) is 29.4 Å². The zero-order valence-electron chi connectivity index (χ0n) is 8.87. The number of benzene rings is 1. The Morgan fingerprint density at radius 3 is 2.88 bits per heavy atom. The third kappa shape index (κ3) is 1.68. The second-order valence-corrected chi connectivity index (χ2v) is 4.94. The molecule has 2 aromatic rings. The summed E-state index contributed by atoms with van der Waals surface area (Å²) in [6.45, 7) is 3.85. The van der Waals surface area contributed by atoms with Gasteiger partial charge in [0.15, 0.2) is 0 Å². The first kappa shape index (κ1) is 10.1. The van der Waals surface area contributed by atoms with E-state index < -0.39 is 0 Å². The number of rotatable bonds is 1. The molecule has 1 fully saturated rings. The molecule has 0 aliphatic carbocycles.